The summed E-state index contributed by atoms with van der Waals surface area (Å²) < 4.78 is 38.8. The highest BCUT2D eigenvalue weighted by molar-refractivity contribution is 6.02. The lowest BCUT2D eigenvalue weighted by molar-refractivity contribution is -0.137. The zero-order valence-electron chi connectivity index (χ0n) is 14.8. The molecule has 1 amide bonds. The van der Waals surface area contributed by atoms with E-state index < -0.39 is 11.7 Å². The fraction of sp³-hybridized carbons (Fsp3) is 0.200. The minimum Gasteiger partial charge on any atom is -0.354 e. The number of alkyl halides is 3. The standard InChI is InChI=1S/C20H18F3N3O/c1-12(2)25-19(27)15-5-3-4-6-16(15)26-17-9-10-24-18-11-13(20(21,22)23)7-8-14(17)18/h3-12H,1-2H3,(H,24,26)(H,25,27). The molecule has 140 valence electrons. The molecule has 2 aromatic carbocycles. The number of anilines is 2. The lowest BCUT2D eigenvalue weighted by atomic mass is 10.1. The van der Waals surface area contributed by atoms with E-state index in [0.29, 0.717) is 22.3 Å². The van der Waals surface area contributed by atoms with E-state index in [4.69, 9.17) is 0 Å². The highest BCUT2D eigenvalue weighted by Gasteiger charge is 2.30. The monoisotopic (exact) mass is 373 g/mol. The maximum atomic E-state index is 12.9. The molecule has 27 heavy (non-hydrogen) atoms. The van der Waals surface area contributed by atoms with Gasteiger partial charge in [0.25, 0.3) is 5.91 Å². The smallest absolute Gasteiger partial charge is 0.354 e. The molecule has 7 heteroatoms. The number of nitrogens with zero attached hydrogens (tertiary/aromatic N) is 1. The number of rotatable bonds is 4. The second-order valence-corrected chi connectivity index (χ2v) is 6.39. The van der Waals surface area contributed by atoms with Crippen LogP contribution in [0.4, 0.5) is 24.5 Å². The van der Waals surface area contributed by atoms with Crippen LogP contribution in [0.2, 0.25) is 0 Å². The molecule has 0 spiro atoms. The Morgan fingerprint density at radius 2 is 1.78 bits per heavy atom. The summed E-state index contributed by atoms with van der Waals surface area (Å²) in [6.45, 7) is 3.73. The second kappa shape index (κ2) is 7.26. The lowest BCUT2D eigenvalue weighted by Gasteiger charge is -2.15. The van der Waals surface area contributed by atoms with E-state index in [-0.39, 0.29) is 17.5 Å². The highest BCUT2D eigenvalue weighted by atomic mass is 19.4. The van der Waals surface area contributed by atoms with Gasteiger partial charge in [0.2, 0.25) is 0 Å². The molecule has 2 N–H and O–H groups in total. The number of carbonyl (C=O) groups is 1. The van der Waals surface area contributed by atoms with E-state index in [1.54, 1.807) is 30.3 Å². The van der Waals surface area contributed by atoms with Gasteiger partial charge in [0, 0.05) is 23.3 Å². The summed E-state index contributed by atoms with van der Waals surface area (Å²) in [5.41, 5.74) is 1.04. The number of para-hydroxylation sites is 1. The van der Waals surface area contributed by atoms with Gasteiger partial charge in [-0.15, -0.1) is 0 Å². The Kier molecular flexibility index (Phi) is 5.03. The van der Waals surface area contributed by atoms with Crippen LogP contribution in [0.5, 0.6) is 0 Å². The molecule has 3 aromatic rings. The number of benzene rings is 2. The summed E-state index contributed by atoms with van der Waals surface area (Å²) in [6, 6.07) is 12.0. The molecule has 1 heterocycles. The van der Waals surface area contributed by atoms with Crippen molar-refractivity contribution in [2.24, 2.45) is 0 Å². The number of amides is 1. The van der Waals surface area contributed by atoms with Crippen molar-refractivity contribution < 1.29 is 18.0 Å². The first-order chi connectivity index (χ1) is 12.8. The predicted molar refractivity (Wildman–Crippen MR) is 99.1 cm³/mol. The SMILES string of the molecule is CC(C)NC(=O)c1ccccc1Nc1ccnc2cc(C(F)(F)F)ccc12. The molecule has 0 atom stereocenters. The fourth-order valence-electron chi connectivity index (χ4n) is 2.71. The first kappa shape index (κ1) is 18.7. The largest absolute Gasteiger partial charge is 0.416 e. The molecule has 0 aliphatic carbocycles. The topological polar surface area (TPSA) is 54.0 Å². The van der Waals surface area contributed by atoms with E-state index in [1.807, 2.05) is 13.8 Å². The molecule has 0 saturated heterocycles. The number of carbonyl (C=O) groups excluding carboxylic acids is 1. The first-order valence-electron chi connectivity index (χ1n) is 8.38. The van der Waals surface area contributed by atoms with Crippen LogP contribution in [-0.4, -0.2) is 16.9 Å². The normalized spacial score (nSPS) is 11.6. The van der Waals surface area contributed by atoms with E-state index >= 15 is 0 Å². The Morgan fingerprint density at radius 3 is 2.48 bits per heavy atom. The molecule has 0 radical (unpaired) electrons. The number of nitrogens with one attached hydrogen (secondary N) is 2. The van der Waals surface area contributed by atoms with Crippen LogP contribution in [-0.2, 0) is 6.18 Å². The molecular weight excluding hydrogens is 355 g/mol. The Morgan fingerprint density at radius 1 is 1.04 bits per heavy atom. The van der Waals surface area contributed by atoms with Crippen molar-refractivity contribution in [3.8, 4) is 0 Å². The lowest BCUT2D eigenvalue weighted by Crippen LogP contribution is -2.30. The number of fused-ring (bicyclic) bond motifs is 1. The number of pyridine rings is 1. The number of aromatic nitrogens is 1. The van der Waals surface area contributed by atoms with Crippen LogP contribution >= 0.6 is 0 Å². The molecule has 4 nitrogen and oxygen atoms in total. The van der Waals surface area contributed by atoms with Gasteiger partial charge in [0.15, 0.2) is 0 Å². The quantitative estimate of drug-likeness (QED) is 0.666. The fourth-order valence-corrected chi connectivity index (χ4v) is 2.71. The van der Waals surface area contributed by atoms with Gasteiger partial charge in [0.05, 0.1) is 22.3 Å². The summed E-state index contributed by atoms with van der Waals surface area (Å²) in [4.78, 5) is 16.4. The Bertz CT molecular complexity index is 984. The summed E-state index contributed by atoms with van der Waals surface area (Å²) >= 11 is 0. The van der Waals surface area contributed by atoms with Gasteiger partial charge in [-0.3, -0.25) is 9.78 Å². The average molecular weight is 373 g/mol. The van der Waals surface area contributed by atoms with Gasteiger partial charge in [-0.2, -0.15) is 13.2 Å². The zero-order valence-corrected chi connectivity index (χ0v) is 14.8. The van der Waals surface area contributed by atoms with Crippen molar-refractivity contribution in [3.63, 3.8) is 0 Å². The molecule has 0 bridgehead atoms. The van der Waals surface area contributed by atoms with Crippen molar-refractivity contribution in [3.05, 3.63) is 65.9 Å². The van der Waals surface area contributed by atoms with E-state index in [2.05, 4.69) is 15.6 Å². The highest BCUT2D eigenvalue weighted by Crippen LogP contribution is 2.33. The first-order valence-corrected chi connectivity index (χ1v) is 8.38. The molecule has 0 aliphatic heterocycles. The Labute approximate surface area is 154 Å². The maximum Gasteiger partial charge on any atom is 0.416 e. The van der Waals surface area contributed by atoms with Crippen molar-refractivity contribution >= 4 is 28.2 Å². The molecule has 0 aliphatic rings. The summed E-state index contributed by atoms with van der Waals surface area (Å²) in [5, 5.41) is 6.51. The number of hydrogen-bond donors (Lipinski definition) is 2. The predicted octanol–water partition coefficient (Wildman–Crippen LogP) is 5.14. The van der Waals surface area contributed by atoms with Crippen LogP contribution in [0.15, 0.2) is 54.7 Å². The van der Waals surface area contributed by atoms with Crippen LogP contribution in [0.3, 0.4) is 0 Å². The molecule has 3 rings (SSSR count). The van der Waals surface area contributed by atoms with Crippen LogP contribution in [0, 0.1) is 0 Å². The second-order valence-electron chi connectivity index (χ2n) is 6.39. The van der Waals surface area contributed by atoms with Gasteiger partial charge in [-0.25, -0.2) is 0 Å². The van der Waals surface area contributed by atoms with Gasteiger partial charge in [-0.1, -0.05) is 18.2 Å². The van der Waals surface area contributed by atoms with Gasteiger partial charge >= 0.3 is 6.18 Å². The van der Waals surface area contributed by atoms with Crippen LogP contribution in [0.1, 0.15) is 29.8 Å². The third-order valence-electron chi connectivity index (χ3n) is 3.93. The molecule has 0 unspecified atom stereocenters. The summed E-state index contributed by atoms with van der Waals surface area (Å²) in [7, 11) is 0. The van der Waals surface area contributed by atoms with Crippen molar-refractivity contribution in [1.82, 2.24) is 10.3 Å². The van der Waals surface area contributed by atoms with Crippen molar-refractivity contribution in [1.29, 1.82) is 0 Å². The maximum absolute atomic E-state index is 12.9. The molecule has 1 aromatic heterocycles. The van der Waals surface area contributed by atoms with Gasteiger partial charge in [-0.05, 0) is 44.2 Å². The summed E-state index contributed by atoms with van der Waals surface area (Å²) in [5.74, 6) is -0.231. The minimum absolute atomic E-state index is 0.0203. The third kappa shape index (κ3) is 4.19. The zero-order chi connectivity index (χ0) is 19.6. The molecule has 0 fully saturated rings. The Balaban J connectivity index is 2.00. The summed E-state index contributed by atoms with van der Waals surface area (Å²) in [6.07, 6.45) is -3.00. The molecular formula is C20H18F3N3O. The van der Waals surface area contributed by atoms with Gasteiger partial charge < -0.3 is 10.6 Å². The number of halogens is 3. The van der Waals surface area contributed by atoms with E-state index in [1.165, 1.54) is 12.3 Å². The van der Waals surface area contributed by atoms with Crippen LogP contribution < -0.4 is 10.6 Å². The van der Waals surface area contributed by atoms with E-state index in [0.717, 1.165) is 12.1 Å². The number of hydrogen-bond acceptors (Lipinski definition) is 3. The van der Waals surface area contributed by atoms with Crippen LogP contribution in [0.25, 0.3) is 10.9 Å². The Hall–Kier alpha value is -3.09. The van der Waals surface area contributed by atoms with Crippen molar-refractivity contribution in [2.45, 2.75) is 26.1 Å². The average Bonchev–Trinajstić information content (AvgIpc) is 2.60. The van der Waals surface area contributed by atoms with E-state index in [9.17, 15) is 18.0 Å². The third-order valence-corrected chi connectivity index (χ3v) is 3.93. The minimum atomic E-state index is -4.43. The van der Waals surface area contributed by atoms with Crippen molar-refractivity contribution in [2.75, 3.05) is 5.32 Å². The van der Waals surface area contributed by atoms with Gasteiger partial charge in [0.1, 0.15) is 0 Å². The molecule has 0 saturated carbocycles.